The zero-order valence-corrected chi connectivity index (χ0v) is 23.7. The lowest BCUT2D eigenvalue weighted by Crippen LogP contribution is -2.11. The van der Waals surface area contributed by atoms with Gasteiger partial charge in [0.05, 0.1) is 44.3 Å². The van der Waals surface area contributed by atoms with E-state index in [2.05, 4.69) is 16.5 Å². The van der Waals surface area contributed by atoms with Crippen LogP contribution in [0, 0.1) is 0 Å². The largest absolute Gasteiger partial charge is 0.465 e. The Balaban J connectivity index is 1.56. The molecule has 4 aromatic rings. The normalized spacial score (nSPS) is 10.9. The van der Waals surface area contributed by atoms with Crippen LogP contribution in [0.2, 0.25) is 5.15 Å². The zero-order chi connectivity index (χ0) is 28.5. The second-order valence-corrected chi connectivity index (χ2v) is 9.69. The number of ether oxygens (including phenoxy) is 3. The van der Waals surface area contributed by atoms with E-state index in [0.29, 0.717) is 22.8 Å². The maximum Gasteiger partial charge on any atom is 0.338 e. The summed E-state index contributed by atoms with van der Waals surface area (Å²) in [7, 11) is 2.74. The summed E-state index contributed by atoms with van der Waals surface area (Å²) in [5.74, 6) is 0.134. The Kier molecular flexibility index (Phi) is 10.1. The van der Waals surface area contributed by atoms with E-state index >= 15 is 0 Å². The number of carbonyl (C=O) groups excluding carboxylic acids is 2. The molecule has 0 N–H and O–H groups in total. The van der Waals surface area contributed by atoms with Crippen LogP contribution >= 0.6 is 11.6 Å². The average molecular weight is 561 g/mol. The molecule has 0 spiro atoms. The molecule has 0 fully saturated rings. The SMILES string of the molecule is CCCCc1nc(Cl)c(COCc2ccccc2C(=O)OC)n1Cc1ccc(-c2ccccc2C(=O)OC)cc1. The molecule has 4 rings (SSSR count). The molecule has 40 heavy (non-hydrogen) atoms. The molecule has 0 unspecified atom stereocenters. The number of benzene rings is 3. The number of esters is 2. The first-order valence-electron chi connectivity index (χ1n) is 13.2. The van der Waals surface area contributed by atoms with Crippen molar-refractivity contribution in [2.45, 2.75) is 45.9 Å². The second-order valence-electron chi connectivity index (χ2n) is 9.33. The molecule has 0 aliphatic rings. The number of halogens is 1. The van der Waals surface area contributed by atoms with E-state index in [1.165, 1.54) is 14.2 Å². The van der Waals surface area contributed by atoms with Gasteiger partial charge in [0.25, 0.3) is 0 Å². The van der Waals surface area contributed by atoms with Crippen molar-refractivity contribution in [2.24, 2.45) is 0 Å². The van der Waals surface area contributed by atoms with Crippen molar-refractivity contribution in [1.82, 2.24) is 9.55 Å². The van der Waals surface area contributed by atoms with Crippen LogP contribution in [0.5, 0.6) is 0 Å². The third-order valence-corrected chi connectivity index (χ3v) is 7.02. The first-order valence-corrected chi connectivity index (χ1v) is 13.6. The topological polar surface area (TPSA) is 79.7 Å². The number of unbranched alkanes of at least 4 members (excludes halogenated alkanes) is 1. The molecule has 7 nitrogen and oxygen atoms in total. The van der Waals surface area contributed by atoms with Gasteiger partial charge in [0, 0.05) is 13.0 Å². The van der Waals surface area contributed by atoms with E-state index < -0.39 is 5.97 Å². The summed E-state index contributed by atoms with van der Waals surface area (Å²) >= 11 is 6.62. The van der Waals surface area contributed by atoms with Gasteiger partial charge in [-0.3, -0.25) is 0 Å². The van der Waals surface area contributed by atoms with Gasteiger partial charge in [0.1, 0.15) is 5.82 Å². The molecule has 1 heterocycles. The van der Waals surface area contributed by atoms with Crippen molar-refractivity contribution < 1.29 is 23.8 Å². The van der Waals surface area contributed by atoms with E-state index in [0.717, 1.165) is 53.0 Å². The van der Waals surface area contributed by atoms with E-state index in [-0.39, 0.29) is 19.2 Å². The van der Waals surface area contributed by atoms with Crippen LogP contribution < -0.4 is 0 Å². The van der Waals surface area contributed by atoms with Crippen molar-refractivity contribution in [2.75, 3.05) is 14.2 Å². The van der Waals surface area contributed by atoms with E-state index in [1.54, 1.807) is 18.2 Å². The molecule has 3 aromatic carbocycles. The number of aryl methyl sites for hydroxylation is 1. The smallest absolute Gasteiger partial charge is 0.338 e. The molecule has 0 aliphatic heterocycles. The Bertz CT molecular complexity index is 1460. The lowest BCUT2D eigenvalue weighted by Gasteiger charge is -2.14. The summed E-state index contributed by atoms with van der Waals surface area (Å²) in [6.45, 7) is 3.17. The summed E-state index contributed by atoms with van der Waals surface area (Å²) in [5.41, 5.74) is 5.32. The number of nitrogens with zero attached hydrogens (tertiary/aromatic N) is 2. The number of imidazole rings is 1. The minimum absolute atomic E-state index is 0.228. The maximum atomic E-state index is 12.2. The molecule has 0 amide bonds. The van der Waals surface area contributed by atoms with Gasteiger partial charge in [-0.15, -0.1) is 0 Å². The first-order chi connectivity index (χ1) is 19.5. The molecular weight excluding hydrogens is 528 g/mol. The van der Waals surface area contributed by atoms with Crippen molar-refractivity contribution in [1.29, 1.82) is 0 Å². The minimum atomic E-state index is -0.401. The molecule has 8 heteroatoms. The van der Waals surface area contributed by atoms with E-state index in [1.807, 2.05) is 54.6 Å². The number of hydrogen-bond donors (Lipinski definition) is 0. The minimum Gasteiger partial charge on any atom is -0.465 e. The summed E-state index contributed by atoms with van der Waals surface area (Å²) in [4.78, 5) is 29.0. The quantitative estimate of drug-likeness (QED) is 0.176. The molecule has 0 saturated carbocycles. The fraction of sp³-hybridized carbons (Fsp3) is 0.281. The molecule has 0 atom stereocenters. The fourth-order valence-corrected chi connectivity index (χ4v) is 4.82. The maximum absolute atomic E-state index is 12.2. The van der Waals surface area contributed by atoms with Crippen LogP contribution in [0.1, 0.15) is 63.1 Å². The predicted octanol–water partition coefficient (Wildman–Crippen LogP) is 6.88. The fourth-order valence-electron chi connectivity index (χ4n) is 4.56. The van der Waals surface area contributed by atoms with E-state index in [4.69, 9.17) is 25.8 Å². The van der Waals surface area contributed by atoms with Crippen LogP contribution in [0.3, 0.4) is 0 Å². The predicted molar refractivity (Wildman–Crippen MR) is 154 cm³/mol. The van der Waals surface area contributed by atoms with E-state index in [9.17, 15) is 9.59 Å². The van der Waals surface area contributed by atoms with Crippen LogP contribution in [-0.4, -0.2) is 35.7 Å². The van der Waals surface area contributed by atoms with Gasteiger partial charge in [0.15, 0.2) is 5.15 Å². The van der Waals surface area contributed by atoms with Gasteiger partial charge >= 0.3 is 11.9 Å². The molecular formula is C32H33ClN2O5. The number of carbonyl (C=O) groups is 2. The number of methoxy groups -OCH3 is 2. The molecule has 0 bridgehead atoms. The highest BCUT2D eigenvalue weighted by Crippen LogP contribution is 2.27. The molecule has 208 valence electrons. The van der Waals surface area contributed by atoms with Crippen molar-refractivity contribution in [3.8, 4) is 11.1 Å². The van der Waals surface area contributed by atoms with Crippen molar-refractivity contribution >= 4 is 23.5 Å². The Morgan fingerprint density at radius 2 is 1.50 bits per heavy atom. The van der Waals surface area contributed by atoms with Crippen LogP contribution in [-0.2, 0) is 40.4 Å². The third kappa shape index (κ3) is 6.79. The Labute approximate surface area is 239 Å². The third-order valence-electron chi connectivity index (χ3n) is 6.71. The molecule has 0 aliphatic carbocycles. The van der Waals surface area contributed by atoms with Gasteiger partial charge in [-0.2, -0.15) is 0 Å². The van der Waals surface area contributed by atoms with Gasteiger partial charge in [-0.1, -0.05) is 85.6 Å². The van der Waals surface area contributed by atoms with Crippen LogP contribution in [0.25, 0.3) is 11.1 Å². The molecule has 0 saturated heterocycles. The molecule has 0 radical (unpaired) electrons. The summed E-state index contributed by atoms with van der Waals surface area (Å²) in [6.07, 6.45) is 2.82. The number of hydrogen-bond acceptors (Lipinski definition) is 6. The Morgan fingerprint density at radius 3 is 2.20 bits per heavy atom. The second kappa shape index (κ2) is 13.9. The Hall–Kier alpha value is -3.94. The van der Waals surface area contributed by atoms with Crippen molar-refractivity contribution in [3.63, 3.8) is 0 Å². The Morgan fingerprint density at radius 1 is 0.850 bits per heavy atom. The zero-order valence-electron chi connectivity index (χ0n) is 23.0. The van der Waals surface area contributed by atoms with Gasteiger partial charge < -0.3 is 18.8 Å². The standard InChI is InChI=1S/C32H33ClN2O5/c1-4-5-14-29-34-30(33)28(21-40-20-24-10-6-7-12-26(24)31(36)38-2)35(29)19-22-15-17-23(18-16-22)25-11-8-9-13-27(25)32(37)39-3/h6-13,15-18H,4-5,14,19-21H2,1-3H3. The highest BCUT2D eigenvalue weighted by molar-refractivity contribution is 6.30. The average Bonchev–Trinajstić information content (AvgIpc) is 3.29. The number of rotatable bonds is 12. The molecule has 1 aromatic heterocycles. The summed E-state index contributed by atoms with van der Waals surface area (Å²) in [6, 6.07) is 22.7. The number of aromatic nitrogens is 2. The van der Waals surface area contributed by atoms with Gasteiger partial charge in [0.2, 0.25) is 0 Å². The highest BCUT2D eigenvalue weighted by atomic mass is 35.5. The highest BCUT2D eigenvalue weighted by Gasteiger charge is 2.18. The van der Waals surface area contributed by atoms with Gasteiger partial charge in [-0.25, -0.2) is 14.6 Å². The monoisotopic (exact) mass is 560 g/mol. The van der Waals surface area contributed by atoms with Crippen LogP contribution in [0.15, 0.2) is 72.8 Å². The first kappa shape index (κ1) is 29.1. The summed E-state index contributed by atoms with van der Waals surface area (Å²) in [5, 5.41) is 0.413. The van der Waals surface area contributed by atoms with Gasteiger partial charge in [-0.05, 0) is 40.8 Å². The van der Waals surface area contributed by atoms with Crippen LogP contribution in [0.4, 0.5) is 0 Å². The lowest BCUT2D eigenvalue weighted by atomic mass is 9.98. The summed E-state index contributed by atoms with van der Waals surface area (Å²) < 4.78 is 18.0. The lowest BCUT2D eigenvalue weighted by molar-refractivity contribution is 0.0584. The van der Waals surface area contributed by atoms with Crippen molar-refractivity contribution in [3.05, 3.63) is 112 Å².